The number of hydrogen-bond donors (Lipinski definition) is 2. The molecule has 1 heterocycles. The van der Waals surface area contributed by atoms with Gasteiger partial charge in [-0.05, 0) is 37.5 Å². The number of nitrogens with zero attached hydrogens (tertiary/aromatic N) is 1. The third-order valence-electron chi connectivity index (χ3n) is 3.78. The molecule has 5 nitrogen and oxygen atoms in total. The number of hydrazine groups is 1. The third-order valence-corrected chi connectivity index (χ3v) is 4.52. The van der Waals surface area contributed by atoms with Gasteiger partial charge in [0.05, 0.1) is 6.10 Å². The molecule has 0 aliphatic carbocycles. The average molecular weight is 356 g/mol. The lowest BCUT2D eigenvalue weighted by molar-refractivity contribution is 0.0125. The van der Waals surface area contributed by atoms with Crippen molar-refractivity contribution in [3.63, 3.8) is 0 Å². The van der Waals surface area contributed by atoms with Crippen LogP contribution in [0, 0.1) is 0 Å². The van der Waals surface area contributed by atoms with Gasteiger partial charge in [-0.1, -0.05) is 22.0 Å². The van der Waals surface area contributed by atoms with E-state index in [1.54, 1.807) is 6.07 Å². The fourth-order valence-corrected chi connectivity index (χ4v) is 3.11. The molecule has 1 aliphatic heterocycles. The predicted octanol–water partition coefficient (Wildman–Crippen LogP) is 2.05. The zero-order chi connectivity index (χ0) is 15.2. The van der Waals surface area contributed by atoms with Crippen molar-refractivity contribution in [3.05, 3.63) is 33.8 Å². The molecule has 0 saturated carbocycles. The maximum Gasteiger partial charge on any atom is 0.265 e. The number of rotatable bonds is 5. The highest BCUT2D eigenvalue weighted by molar-refractivity contribution is 9.10. The van der Waals surface area contributed by atoms with Crippen molar-refractivity contribution in [2.45, 2.75) is 32.4 Å². The maximum absolute atomic E-state index is 11.5. The topological polar surface area (TPSA) is 67.6 Å². The Hall–Kier alpha value is -0.950. The van der Waals surface area contributed by atoms with E-state index < -0.39 is 0 Å². The summed E-state index contributed by atoms with van der Waals surface area (Å²) in [5.74, 6) is 4.87. The minimum absolute atomic E-state index is 0.278. The fraction of sp³-hybridized carbons (Fsp3) is 0.533. The SMILES string of the molecule is CCOC1CCN(Cc2ccc(C(=O)NN)cc2Br)CC1. The number of nitrogens with two attached hydrogens (primary N) is 1. The van der Waals surface area contributed by atoms with Crippen molar-refractivity contribution in [2.75, 3.05) is 19.7 Å². The molecule has 0 aromatic heterocycles. The number of hydrogen-bond acceptors (Lipinski definition) is 4. The normalized spacial score (nSPS) is 16.9. The van der Waals surface area contributed by atoms with Gasteiger partial charge in [-0.2, -0.15) is 0 Å². The van der Waals surface area contributed by atoms with Crippen molar-refractivity contribution in [3.8, 4) is 0 Å². The van der Waals surface area contributed by atoms with E-state index in [2.05, 4.69) is 26.3 Å². The number of piperidine rings is 1. The Bertz CT molecular complexity index is 488. The summed E-state index contributed by atoms with van der Waals surface area (Å²) in [6.07, 6.45) is 2.57. The maximum atomic E-state index is 11.5. The van der Waals surface area contributed by atoms with Gasteiger partial charge in [-0.15, -0.1) is 0 Å². The van der Waals surface area contributed by atoms with Crippen molar-refractivity contribution in [2.24, 2.45) is 5.84 Å². The minimum Gasteiger partial charge on any atom is -0.378 e. The molecule has 2 rings (SSSR count). The van der Waals surface area contributed by atoms with E-state index in [0.717, 1.165) is 43.6 Å². The number of nitrogens with one attached hydrogen (secondary N) is 1. The molecule has 0 bridgehead atoms. The molecule has 116 valence electrons. The van der Waals surface area contributed by atoms with E-state index in [9.17, 15) is 4.79 Å². The van der Waals surface area contributed by atoms with Crippen LogP contribution in [0.15, 0.2) is 22.7 Å². The first kappa shape index (κ1) is 16.4. The Morgan fingerprint density at radius 2 is 2.19 bits per heavy atom. The van der Waals surface area contributed by atoms with Crippen molar-refractivity contribution in [1.29, 1.82) is 0 Å². The molecular formula is C15H22BrN3O2. The summed E-state index contributed by atoms with van der Waals surface area (Å²) in [6.45, 7) is 5.80. The lowest BCUT2D eigenvalue weighted by Gasteiger charge is -2.32. The third kappa shape index (κ3) is 4.51. The number of carbonyl (C=O) groups is 1. The van der Waals surface area contributed by atoms with Gasteiger partial charge in [0.15, 0.2) is 0 Å². The van der Waals surface area contributed by atoms with Gasteiger partial charge in [0.25, 0.3) is 5.91 Å². The standard InChI is InChI=1S/C15H22BrN3O2/c1-2-21-13-5-7-19(8-6-13)10-12-4-3-11(9-14(12)16)15(20)18-17/h3-4,9,13H,2,5-8,10,17H2,1H3,(H,18,20). The number of ether oxygens (including phenoxy) is 1. The predicted molar refractivity (Wildman–Crippen MR) is 85.7 cm³/mol. The number of benzene rings is 1. The van der Waals surface area contributed by atoms with Gasteiger partial charge in [-0.25, -0.2) is 5.84 Å². The first-order valence-electron chi connectivity index (χ1n) is 7.27. The Balaban J connectivity index is 1.93. The van der Waals surface area contributed by atoms with Gasteiger partial charge in [0.2, 0.25) is 0 Å². The Morgan fingerprint density at radius 3 is 2.76 bits per heavy atom. The van der Waals surface area contributed by atoms with Gasteiger partial charge in [0, 0.05) is 36.3 Å². The second-order valence-electron chi connectivity index (χ2n) is 5.21. The fourth-order valence-electron chi connectivity index (χ4n) is 2.61. The number of likely N-dealkylation sites (tertiary alicyclic amines) is 1. The summed E-state index contributed by atoms with van der Waals surface area (Å²) in [4.78, 5) is 13.9. The van der Waals surface area contributed by atoms with Crippen molar-refractivity contribution in [1.82, 2.24) is 10.3 Å². The van der Waals surface area contributed by atoms with E-state index in [0.29, 0.717) is 11.7 Å². The second kappa shape index (κ2) is 7.89. The van der Waals surface area contributed by atoms with E-state index in [1.165, 1.54) is 5.56 Å². The van der Waals surface area contributed by atoms with Crippen LogP contribution in [0.4, 0.5) is 0 Å². The molecular weight excluding hydrogens is 334 g/mol. The zero-order valence-corrected chi connectivity index (χ0v) is 13.9. The van der Waals surface area contributed by atoms with E-state index in [4.69, 9.17) is 10.6 Å². The van der Waals surface area contributed by atoms with Crippen molar-refractivity contribution >= 4 is 21.8 Å². The Morgan fingerprint density at radius 1 is 1.48 bits per heavy atom. The number of nitrogen functional groups attached to an aromatic ring is 1. The Labute approximate surface area is 133 Å². The minimum atomic E-state index is -0.278. The summed E-state index contributed by atoms with van der Waals surface area (Å²) >= 11 is 3.54. The van der Waals surface area contributed by atoms with Crippen LogP contribution < -0.4 is 11.3 Å². The summed E-state index contributed by atoms with van der Waals surface area (Å²) in [5, 5.41) is 0. The lowest BCUT2D eigenvalue weighted by Crippen LogP contribution is -2.36. The second-order valence-corrected chi connectivity index (χ2v) is 6.06. The molecule has 1 saturated heterocycles. The van der Waals surface area contributed by atoms with Crippen LogP contribution in [0.3, 0.4) is 0 Å². The van der Waals surface area contributed by atoms with Gasteiger partial charge >= 0.3 is 0 Å². The molecule has 1 amide bonds. The van der Waals surface area contributed by atoms with Crippen LogP contribution in [0.1, 0.15) is 35.7 Å². The molecule has 0 atom stereocenters. The lowest BCUT2D eigenvalue weighted by atomic mass is 10.1. The largest absolute Gasteiger partial charge is 0.378 e. The number of carbonyl (C=O) groups excluding carboxylic acids is 1. The number of halogens is 1. The van der Waals surface area contributed by atoms with Crippen LogP contribution in [0.2, 0.25) is 0 Å². The first-order chi connectivity index (χ1) is 10.1. The van der Waals surface area contributed by atoms with E-state index in [1.807, 2.05) is 19.1 Å². The summed E-state index contributed by atoms with van der Waals surface area (Å²) in [7, 11) is 0. The molecule has 3 N–H and O–H groups in total. The molecule has 21 heavy (non-hydrogen) atoms. The monoisotopic (exact) mass is 355 g/mol. The molecule has 6 heteroatoms. The molecule has 1 aromatic rings. The van der Waals surface area contributed by atoms with Crippen LogP contribution in [0.25, 0.3) is 0 Å². The highest BCUT2D eigenvalue weighted by Crippen LogP contribution is 2.22. The van der Waals surface area contributed by atoms with Gasteiger partial charge < -0.3 is 4.74 Å². The highest BCUT2D eigenvalue weighted by atomic mass is 79.9. The molecule has 1 aromatic carbocycles. The average Bonchev–Trinajstić information content (AvgIpc) is 2.50. The van der Waals surface area contributed by atoms with E-state index in [-0.39, 0.29) is 5.91 Å². The van der Waals surface area contributed by atoms with Gasteiger partial charge in [-0.3, -0.25) is 15.1 Å². The van der Waals surface area contributed by atoms with Crippen molar-refractivity contribution < 1.29 is 9.53 Å². The summed E-state index contributed by atoms with van der Waals surface area (Å²) in [5.41, 5.74) is 3.88. The zero-order valence-electron chi connectivity index (χ0n) is 12.3. The van der Waals surface area contributed by atoms with Crippen LogP contribution >= 0.6 is 15.9 Å². The quantitative estimate of drug-likeness (QED) is 0.481. The molecule has 0 radical (unpaired) electrons. The van der Waals surface area contributed by atoms with Gasteiger partial charge in [0.1, 0.15) is 0 Å². The highest BCUT2D eigenvalue weighted by Gasteiger charge is 2.20. The molecule has 0 spiro atoms. The molecule has 0 unspecified atom stereocenters. The summed E-state index contributed by atoms with van der Waals surface area (Å²) in [6, 6.07) is 5.59. The smallest absolute Gasteiger partial charge is 0.265 e. The first-order valence-corrected chi connectivity index (χ1v) is 8.06. The number of amides is 1. The van der Waals surface area contributed by atoms with Crippen LogP contribution in [-0.4, -0.2) is 36.6 Å². The van der Waals surface area contributed by atoms with Crippen LogP contribution in [0.5, 0.6) is 0 Å². The van der Waals surface area contributed by atoms with Crippen LogP contribution in [-0.2, 0) is 11.3 Å². The Kier molecular flexibility index (Phi) is 6.17. The van der Waals surface area contributed by atoms with E-state index >= 15 is 0 Å². The molecule has 1 fully saturated rings. The molecule has 1 aliphatic rings. The summed E-state index contributed by atoms with van der Waals surface area (Å²) < 4.78 is 6.61.